The first-order valence-electron chi connectivity index (χ1n) is 11.5. The Bertz CT molecular complexity index is 857. The molecule has 3 fully saturated rings. The van der Waals surface area contributed by atoms with Crippen molar-refractivity contribution < 1.29 is 19.2 Å². The van der Waals surface area contributed by atoms with Crippen LogP contribution in [0.2, 0.25) is 0 Å². The van der Waals surface area contributed by atoms with Crippen LogP contribution in [0, 0.1) is 5.92 Å². The van der Waals surface area contributed by atoms with Gasteiger partial charge < -0.3 is 20.4 Å². The standard InChI is InChI=1S/C22H30N6O4/c29-19-17(7-4-8-25-19)26-20(30)18-13-27(21(31)15-5-2-1-3-6-15)9-10-28(18)22(32)16-11-23-14-24-12-16/h11-12,14-15,17-18H,1-10,13H2,(H,25,29)(H,26,30)/t17-,18+/m0/s1. The second-order valence-corrected chi connectivity index (χ2v) is 8.76. The Hall–Kier alpha value is -3.04. The highest BCUT2D eigenvalue weighted by Gasteiger charge is 2.40. The Kier molecular flexibility index (Phi) is 6.96. The van der Waals surface area contributed by atoms with E-state index in [1.807, 2.05) is 0 Å². The molecule has 0 bridgehead atoms. The summed E-state index contributed by atoms with van der Waals surface area (Å²) in [4.78, 5) is 62.6. The van der Waals surface area contributed by atoms with Gasteiger partial charge in [-0.15, -0.1) is 0 Å². The summed E-state index contributed by atoms with van der Waals surface area (Å²) in [5.41, 5.74) is 0.285. The van der Waals surface area contributed by atoms with E-state index in [0.717, 1.165) is 38.5 Å². The van der Waals surface area contributed by atoms with Gasteiger partial charge in [0.15, 0.2) is 0 Å². The second kappa shape index (κ2) is 10.1. The van der Waals surface area contributed by atoms with Gasteiger partial charge >= 0.3 is 0 Å². The van der Waals surface area contributed by atoms with Crippen LogP contribution in [0.5, 0.6) is 0 Å². The number of nitrogens with zero attached hydrogens (tertiary/aromatic N) is 4. The summed E-state index contributed by atoms with van der Waals surface area (Å²) >= 11 is 0. The number of nitrogens with one attached hydrogen (secondary N) is 2. The predicted molar refractivity (Wildman–Crippen MR) is 114 cm³/mol. The molecule has 0 aromatic carbocycles. The van der Waals surface area contributed by atoms with Crippen molar-refractivity contribution in [2.24, 2.45) is 5.92 Å². The molecule has 1 saturated carbocycles. The lowest BCUT2D eigenvalue weighted by Crippen LogP contribution is -2.64. The lowest BCUT2D eigenvalue weighted by Gasteiger charge is -2.42. The lowest BCUT2D eigenvalue weighted by atomic mass is 9.88. The van der Waals surface area contributed by atoms with Gasteiger partial charge in [0.1, 0.15) is 18.4 Å². The minimum absolute atomic E-state index is 0.0126. The van der Waals surface area contributed by atoms with E-state index in [1.165, 1.54) is 23.6 Å². The van der Waals surface area contributed by atoms with Crippen molar-refractivity contribution in [1.29, 1.82) is 0 Å². The molecule has 0 unspecified atom stereocenters. The molecule has 1 aliphatic carbocycles. The molecular formula is C22H30N6O4. The van der Waals surface area contributed by atoms with Gasteiger partial charge in [0.25, 0.3) is 5.91 Å². The summed E-state index contributed by atoms with van der Waals surface area (Å²) in [7, 11) is 0. The molecule has 2 atom stereocenters. The minimum atomic E-state index is -0.876. The van der Waals surface area contributed by atoms with Crippen LogP contribution in [0.1, 0.15) is 55.3 Å². The molecule has 2 aliphatic heterocycles. The van der Waals surface area contributed by atoms with Gasteiger partial charge in [-0.25, -0.2) is 9.97 Å². The molecular weight excluding hydrogens is 412 g/mol. The Morgan fingerprint density at radius 3 is 2.47 bits per heavy atom. The SMILES string of the molecule is O=C1NCCC[C@@H]1NC(=O)[C@H]1CN(C(=O)C2CCCCC2)CCN1C(=O)c1cncnc1. The Morgan fingerprint density at radius 2 is 1.75 bits per heavy atom. The predicted octanol–water partition coefficient (Wildman–Crippen LogP) is 0.105. The molecule has 32 heavy (non-hydrogen) atoms. The third kappa shape index (κ3) is 4.89. The quantitative estimate of drug-likeness (QED) is 0.682. The summed E-state index contributed by atoms with van der Waals surface area (Å²) in [6, 6.07) is -1.50. The smallest absolute Gasteiger partial charge is 0.257 e. The Labute approximate surface area is 187 Å². The van der Waals surface area contributed by atoms with Crippen molar-refractivity contribution in [3.8, 4) is 0 Å². The molecule has 172 valence electrons. The second-order valence-electron chi connectivity index (χ2n) is 8.76. The number of carbonyl (C=O) groups excluding carboxylic acids is 4. The van der Waals surface area contributed by atoms with Crippen LogP contribution >= 0.6 is 0 Å². The molecule has 4 rings (SSSR count). The number of amides is 4. The van der Waals surface area contributed by atoms with Crippen molar-refractivity contribution in [2.75, 3.05) is 26.2 Å². The van der Waals surface area contributed by atoms with Crippen LogP contribution in [0.15, 0.2) is 18.7 Å². The van der Waals surface area contributed by atoms with Gasteiger partial charge in [-0.3, -0.25) is 19.2 Å². The molecule has 1 aromatic heterocycles. The van der Waals surface area contributed by atoms with Crippen molar-refractivity contribution in [2.45, 2.75) is 57.0 Å². The number of hydrogen-bond acceptors (Lipinski definition) is 6. The third-order valence-corrected chi connectivity index (χ3v) is 6.62. The molecule has 10 heteroatoms. The number of rotatable bonds is 4. The fraction of sp³-hybridized carbons (Fsp3) is 0.636. The van der Waals surface area contributed by atoms with Crippen molar-refractivity contribution in [3.05, 3.63) is 24.3 Å². The zero-order valence-electron chi connectivity index (χ0n) is 18.2. The van der Waals surface area contributed by atoms with Gasteiger partial charge in [-0.1, -0.05) is 19.3 Å². The first kappa shape index (κ1) is 22.2. The maximum Gasteiger partial charge on any atom is 0.257 e. The highest BCUT2D eigenvalue weighted by atomic mass is 16.2. The molecule has 2 N–H and O–H groups in total. The van der Waals surface area contributed by atoms with Gasteiger partial charge in [0, 0.05) is 37.9 Å². The van der Waals surface area contributed by atoms with E-state index in [-0.39, 0.29) is 42.3 Å². The van der Waals surface area contributed by atoms with Gasteiger partial charge in [0.2, 0.25) is 17.7 Å². The first-order valence-corrected chi connectivity index (χ1v) is 11.5. The minimum Gasteiger partial charge on any atom is -0.354 e. The maximum atomic E-state index is 13.2. The van der Waals surface area contributed by atoms with Crippen LogP contribution in [0.25, 0.3) is 0 Å². The van der Waals surface area contributed by atoms with Crippen molar-refractivity contribution in [3.63, 3.8) is 0 Å². The number of piperidine rings is 1. The summed E-state index contributed by atoms with van der Waals surface area (Å²) < 4.78 is 0. The molecule has 0 spiro atoms. The van der Waals surface area contributed by atoms with E-state index in [0.29, 0.717) is 19.5 Å². The molecule has 2 saturated heterocycles. The topological polar surface area (TPSA) is 125 Å². The van der Waals surface area contributed by atoms with E-state index in [1.54, 1.807) is 4.90 Å². The molecule has 0 radical (unpaired) electrons. The van der Waals surface area contributed by atoms with E-state index < -0.39 is 18.0 Å². The van der Waals surface area contributed by atoms with Crippen LogP contribution < -0.4 is 10.6 Å². The molecule has 3 aliphatic rings. The fourth-order valence-corrected chi connectivity index (χ4v) is 4.81. The van der Waals surface area contributed by atoms with Crippen molar-refractivity contribution >= 4 is 23.6 Å². The van der Waals surface area contributed by atoms with Crippen molar-refractivity contribution in [1.82, 2.24) is 30.4 Å². The van der Waals surface area contributed by atoms with Crippen LogP contribution in [-0.4, -0.2) is 81.7 Å². The highest BCUT2D eigenvalue weighted by Crippen LogP contribution is 2.27. The fourth-order valence-electron chi connectivity index (χ4n) is 4.81. The normalized spacial score (nSPS) is 24.6. The Morgan fingerprint density at radius 1 is 1.00 bits per heavy atom. The van der Waals surface area contributed by atoms with Gasteiger partial charge in [-0.2, -0.15) is 0 Å². The zero-order valence-corrected chi connectivity index (χ0v) is 18.2. The Balaban J connectivity index is 1.51. The lowest BCUT2D eigenvalue weighted by molar-refractivity contribution is -0.142. The highest BCUT2D eigenvalue weighted by molar-refractivity contribution is 5.98. The van der Waals surface area contributed by atoms with Crippen LogP contribution in [0.4, 0.5) is 0 Å². The summed E-state index contributed by atoms with van der Waals surface area (Å²) in [5, 5.41) is 5.55. The van der Waals surface area contributed by atoms with Crippen LogP contribution in [0.3, 0.4) is 0 Å². The van der Waals surface area contributed by atoms with E-state index >= 15 is 0 Å². The van der Waals surface area contributed by atoms with Crippen LogP contribution in [-0.2, 0) is 14.4 Å². The van der Waals surface area contributed by atoms with E-state index in [4.69, 9.17) is 0 Å². The average Bonchev–Trinajstić information content (AvgIpc) is 2.85. The van der Waals surface area contributed by atoms with E-state index in [2.05, 4.69) is 20.6 Å². The summed E-state index contributed by atoms with van der Waals surface area (Å²) in [5.74, 6) is -0.943. The summed E-state index contributed by atoms with van der Waals surface area (Å²) in [6.07, 6.45) is 10.5. The molecule has 10 nitrogen and oxygen atoms in total. The number of carbonyl (C=O) groups is 4. The van der Waals surface area contributed by atoms with Gasteiger partial charge in [-0.05, 0) is 25.7 Å². The largest absolute Gasteiger partial charge is 0.354 e. The van der Waals surface area contributed by atoms with Gasteiger partial charge in [0.05, 0.1) is 12.1 Å². The molecule has 1 aromatic rings. The number of hydrogen-bond donors (Lipinski definition) is 2. The first-order chi connectivity index (χ1) is 15.5. The summed E-state index contributed by atoms with van der Waals surface area (Å²) in [6.45, 7) is 1.33. The zero-order chi connectivity index (χ0) is 22.5. The molecule has 4 amide bonds. The van der Waals surface area contributed by atoms with E-state index in [9.17, 15) is 19.2 Å². The average molecular weight is 443 g/mol. The number of aromatic nitrogens is 2. The monoisotopic (exact) mass is 442 g/mol. The number of piperazine rings is 1. The molecule has 3 heterocycles. The maximum absolute atomic E-state index is 13.2. The third-order valence-electron chi connectivity index (χ3n) is 6.62.